The molecule has 2 aromatic heterocycles. The average molecular weight is 706 g/mol. The number of anilines is 1. The second-order valence-electron chi connectivity index (χ2n) is 7.57. The van der Waals surface area contributed by atoms with E-state index in [1.165, 1.54) is 34.1 Å². The molecule has 10 nitrogen and oxygen atoms in total. The van der Waals surface area contributed by atoms with E-state index in [4.69, 9.17) is 16.3 Å². The number of ether oxygens (including phenoxy) is 1. The van der Waals surface area contributed by atoms with Gasteiger partial charge in [0.2, 0.25) is 0 Å². The van der Waals surface area contributed by atoms with Gasteiger partial charge in [-0.2, -0.15) is 5.10 Å². The molecular formula is C22H18Br3ClN6O4. The fourth-order valence-corrected chi connectivity index (χ4v) is 5.57. The summed E-state index contributed by atoms with van der Waals surface area (Å²) in [6.45, 7) is 0.663. The molecule has 36 heavy (non-hydrogen) atoms. The summed E-state index contributed by atoms with van der Waals surface area (Å²) in [6, 6.07) is 8.09. The number of amides is 3. The molecule has 1 N–H and O–H groups in total. The zero-order valence-corrected chi connectivity index (χ0v) is 24.2. The molecule has 0 bridgehead atoms. The van der Waals surface area contributed by atoms with Gasteiger partial charge in [-0.25, -0.2) is 24.5 Å². The number of carbonyl (C=O) groups excluding carboxylic acids is 3. The molecule has 0 unspecified atom stereocenters. The maximum absolute atomic E-state index is 13.6. The summed E-state index contributed by atoms with van der Waals surface area (Å²) in [5, 5.41) is 9.98. The third-order valence-corrected chi connectivity index (χ3v) is 7.04. The Kier molecular flexibility index (Phi) is 8.33. The van der Waals surface area contributed by atoms with E-state index in [0.29, 0.717) is 38.1 Å². The number of carbonyl (C=O) groups is 3. The fraction of sp³-hybridized carbons (Fsp3) is 0.227. The van der Waals surface area contributed by atoms with Gasteiger partial charge in [0.25, 0.3) is 11.8 Å². The lowest BCUT2D eigenvalue weighted by Gasteiger charge is -2.37. The highest BCUT2D eigenvalue weighted by Crippen LogP contribution is 2.33. The molecule has 1 fully saturated rings. The van der Waals surface area contributed by atoms with Crippen LogP contribution >= 0.6 is 59.4 Å². The topological polar surface area (TPSA) is 110 Å². The van der Waals surface area contributed by atoms with Gasteiger partial charge in [-0.3, -0.25) is 9.59 Å². The Labute approximate surface area is 236 Å². The van der Waals surface area contributed by atoms with Crippen molar-refractivity contribution in [3.05, 3.63) is 66.4 Å². The highest BCUT2D eigenvalue weighted by atomic mass is 79.9. The first-order chi connectivity index (χ1) is 17.2. The van der Waals surface area contributed by atoms with E-state index in [2.05, 4.69) is 63.2 Å². The molecule has 1 aliphatic heterocycles. The summed E-state index contributed by atoms with van der Waals surface area (Å²) in [5.41, 5.74) is 0.519. The van der Waals surface area contributed by atoms with Crippen molar-refractivity contribution in [3.8, 4) is 5.82 Å². The van der Waals surface area contributed by atoms with Gasteiger partial charge in [0.15, 0.2) is 5.82 Å². The Hall–Kier alpha value is -2.48. The van der Waals surface area contributed by atoms with Crippen LogP contribution in [0.3, 0.4) is 0 Å². The van der Waals surface area contributed by atoms with E-state index in [-0.39, 0.29) is 22.8 Å². The van der Waals surface area contributed by atoms with Crippen molar-refractivity contribution in [3.63, 3.8) is 0 Å². The molecule has 0 aliphatic carbocycles. The molecule has 3 heterocycles. The van der Waals surface area contributed by atoms with Gasteiger partial charge in [-0.15, -0.1) is 0 Å². The predicted octanol–water partition coefficient (Wildman–Crippen LogP) is 5.68. The molecule has 188 valence electrons. The molecule has 1 aromatic carbocycles. The Balaban J connectivity index is 1.72. The first kappa shape index (κ1) is 26.6. The minimum absolute atomic E-state index is 0.129. The summed E-state index contributed by atoms with van der Waals surface area (Å²) < 4.78 is 7.60. The highest BCUT2D eigenvalue weighted by molar-refractivity contribution is 9.11. The van der Waals surface area contributed by atoms with Crippen LogP contribution in [0.15, 0.2) is 50.1 Å². The largest absolute Gasteiger partial charge is 0.452 e. The third kappa shape index (κ3) is 5.43. The van der Waals surface area contributed by atoms with Gasteiger partial charge in [-0.05, 0) is 69.0 Å². The van der Waals surface area contributed by atoms with Crippen molar-refractivity contribution < 1.29 is 19.1 Å². The number of hydrogen-bond donors (Lipinski definition) is 1. The van der Waals surface area contributed by atoms with Crippen LogP contribution in [0.5, 0.6) is 0 Å². The molecule has 0 atom stereocenters. The van der Waals surface area contributed by atoms with Crippen molar-refractivity contribution in [2.45, 2.75) is 12.8 Å². The second-order valence-corrected chi connectivity index (χ2v) is 10.6. The number of halogens is 4. The van der Waals surface area contributed by atoms with Gasteiger partial charge in [0.1, 0.15) is 10.3 Å². The Morgan fingerprint density at radius 2 is 1.81 bits per heavy atom. The van der Waals surface area contributed by atoms with Gasteiger partial charge >= 0.3 is 6.09 Å². The number of aromatic nitrogens is 3. The minimum atomic E-state index is -0.635. The summed E-state index contributed by atoms with van der Waals surface area (Å²) in [4.78, 5) is 43.6. The van der Waals surface area contributed by atoms with E-state index < -0.39 is 17.9 Å². The van der Waals surface area contributed by atoms with Crippen LogP contribution < -0.4 is 5.32 Å². The Morgan fingerprint density at radius 1 is 1.08 bits per heavy atom. The van der Waals surface area contributed by atoms with E-state index in [1.54, 1.807) is 24.3 Å². The normalized spacial score (nSPS) is 13.5. The SMILES string of the molecule is COC(=O)N1CCCCN1C(=O)c1cc(Br)cc(Br)c1NC(=O)c1cc(Br)nn1-c1ncccc1Cl. The van der Waals surface area contributed by atoms with Crippen LogP contribution in [0.2, 0.25) is 5.02 Å². The fourth-order valence-electron chi connectivity index (χ4n) is 3.67. The molecule has 3 aromatic rings. The maximum atomic E-state index is 13.6. The Morgan fingerprint density at radius 3 is 2.50 bits per heavy atom. The van der Waals surface area contributed by atoms with E-state index in [9.17, 15) is 14.4 Å². The highest BCUT2D eigenvalue weighted by Gasteiger charge is 2.32. The zero-order chi connectivity index (χ0) is 26.0. The number of rotatable bonds is 4. The number of pyridine rings is 1. The number of nitrogens with one attached hydrogen (secondary N) is 1. The van der Waals surface area contributed by atoms with E-state index in [0.717, 1.165) is 6.42 Å². The van der Waals surface area contributed by atoms with Gasteiger partial charge in [-0.1, -0.05) is 27.5 Å². The van der Waals surface area contributed by atoms with Gasteiger partial charge in [0, 0.05) is 34.3 Å². The lowest BCUT2D eigenvalue weighted by Crippen LogP contribution is -2.53. The molecule has 0 spiro atoms. The molecule has 4 rings (SSSR count). The number of methoxy groups -OCH3 is 1. The van der Waals surface area contributed by atoms with Gasteiger partial charge < -0.3 is 10.1 Å². The minimum Gasteiger partial charge on any atom is -0.452 e. The summed E-state index contributed by atoms with van der Waals surface area (Å²) >= 11 is 16.4. The van der Waals surface area contributed by atoms with Gasteiger partial charge in [0.05, 0.1) is 23.4 Å². The molecule has 0 saturated carbocycles. The van der Waals surface area contributed by atoms with Crippen LogP contribution in [0.1, 0.15) is 33.7 Å². The molecule has 14 heteroatoms. The Bertz CT molecular complexity index is 1350. The van der Waals surface area contributed by atoms with Crippen molar-refractivity contribution in [1.29, 1.82) is 0 Å². The number of hydrogen-bond acceptors (Lipinski definition) is 6. The predicted molar refractivity (Wildman–Crippen MR) is 143 cm³/mol. The standard InChI is InChI=1S/C22H18Br3ClN6O4/c1-36-22(35)31-8-3-2-7-30(31)21(34)13-9-12(23)10-14(24)18(13)28-20(33)16-11-17(25)29-32(16)19-15(26)5-4-6-27-19/h4-6,9-11H,2-3,7-8H2,1H3,(H,28,33). The van der Waals surface area contributed by atoms with E-state index >= 15 is 0 Å². The average Bonchev–Trinajstić information content (AvgIpc) is 3.26. The lowest BCUT2D eigenvalue weighted by molar-refractivity contribution is -0.0219. The number of hydrazine groups is 1. The third-order valence-electron chi connectivity index (χ3n) is 5.28. The second kappa shape index (κ2) is 11.3. The number of nitrogens with zero attached hydrogens (tertiary/aromatic N) is 5. The zero-order valence-electron chi connectivity index (χ0n) is 18.7. The molecule has 1 aliphatic rings. The van der Waals surface area contributed by atoms with Crippen molar-refractivity contribution >= 4 is 83.0 Å². The maximum Gasteiger partial charge on any atom is 0.428 e. The molecule has 1 saturated heterocycles. The summed E-state index contributed by atoms with van der Waals surface area (Å²) in [7, 11) is 1.26. The van der Waals surface area contributed by atoms with E-state index in [1.807, 2.05) is 0 Å². The summed E-state index contributed by atoms with van der Waals surface area (Å²) in [6.07, 6.45) is 2.35. The van der Waals surface area contributed by atoms with Crippen molar-refractivity contribution in [2.24, 2.45) is 0 Å². The first-order valence-electron chi connectivity index (χ1n) is 10.6. The summed E-state index contributed by atoms with van der Waals surface area (Å²) in [5.74, 6) is -0.765. The molecule has 3 amide bonds. The molecule has 0 radical (unpaired) electrons. The lowest BCUT2D eigenvalue weighted by atomic mass is 10.1. The quantitative estimate of drug-likeness (QED) is 0.375. The van der Waals surface area contributed by atoms with Crippen LogP contribution in [-0.2, 0) is 4.74 Å². The van der Waals surface area contributed by atoms with Crippen molar-refractivity contribution in [1.82, 2.24) is 24.8 Å². The first-order valence-corrected chi connectivity index (χ1v) is 13.3. The molecular weight excluding hydrogens is 687 g/mol. The van der Waals surface area contributed by atoms with Crippen LogP contribution in [0.4, 0.5) is 10.5 Å². The monoisotopic (exact) mass is 702 g/mol. The number of benzene rings is 1. The van der Waals surface area contributed by atoms with Crippen LogP contribution in [-0.4, -0.2) is 62.9 Å². The van der Waals surface area contributed by atoms with Crippen LogP contribution in [0, 0.1) is 0 Å². The van der Waals surface area contributed by atoms with Crippen molar-refractivity contribution in [2.75, 3.05) is 25.5 Å². The van der Waals surface area contributed by atoms with Crippen LogP contribution in [0.25, 0.3) is 5.82 Å². The smallest absolute Gasteiger partial charge is 0.428 e.